The van der Waals surface area contributed by atoms with Crippen molar-refractivity contribution < 1.29 is 0 Å². The van der Waals surface area contributed by atoms with E-state index in [1.54, 1.807) is 0 Å². The Labute approximate surface area is 135 Å². The van der Waals surface area contributed by atoms with Crippen molar-refractivity contribution in [3.63, 3.8) is 0 Å². The van der Waals surface area contributed by atoms with Crippen LogP contribution in [0.15, 0.2) is 31.0 Å². The normalized spacial score (nSPS) is 16.0. The summed E-state index contributed by atoms with van der Waals surface area (Å²) in [5.74, 6) is 0.883. The van der Waals surface area contributed by atoms with Crippen LogP contribution in [0.25, 0.3) is 16.9 Å². The molecule has 3 aromatic heterocycles. The van der Waals surface area contributed by atoms with Crippen LogP contribution in [0.5, 0.6) is 0 Å². The highest BCUT2D eigenvalue weighted by atomic mass is 15.3. The summed E-state index contributed by atoms with van der Waals surface area (Å²) in [4.78, 5) is 9.11. The van der Waals surface area contributed by atoms with Crippen molar-refractivity contribution >= 4 is 11.5 Å². The number of imidazole rings is 1. The maximum atomic E-state index is 4.60. The zero-order chi connectivity index (χ0) is 15.6. The van der Waals surface area contributed by atoms with Crippen LogP contribution in [0.2, 0.25) is 0 Å². The molecule has 1 aliphatic rings. The van der Waals surface area contributed by atoms with Gasteiger partial charge in [0.15, 0.2) is 11.5 Å². The van der Waals surface area contributed by atoms with E-state index in [4.69, 9.17) is 0 Å². The second-order valence-corrected chi connectivity index (χ2v) is 6.18. The largest absolute Gasteiger partial charge is 0.364 e. The number of hydrogen-bond acceptors (Lipinski definition) is 4. The number of hydrogen-bond donors (Lipinski definition) is 1. The Bertz CT molecular complexity index is 796. The smallest absolute Gasteiger partial charge is 0.180 e. The number of anilines is 1. The summed E-state index contributed by atoms with van der Waals surface area (Å²) in [5, 5.41) is 7.95. The summed E-state index contributed by atoms with van der Waals surface area (Å²) in [5.41, 5.74) is 3.01. The predicted molar refractivity (Wildman–Crippen MR) is 90.4 cm³/mol. The van der Waals surface area contributed by atoms with Gasteiger partial charge in [0.05, 0.1) is 18.1 Å². The van der Waals surface area contributed by atoms with Gasteiger partial charge in [-0.05, 0) is 19.8 Å². The lowest BCUT2D eigenvalue weighted by atomic mass is 9.95. The van der Waals surface area contributed by atoms with Crippen LogP contribution < -0.4 is 5.32 Å². The molecule has 6 nitrogen and oxygen atoms in total. The minimum atomic E-state index is 0.519. The highest BCUT2D eigenvalue weighted by Gasteiger charge is 2.17. The number of nitrogens with one attached hydrogen (secondary N) is 1. The molecule has 6 heteroatoms. The first-order chi connectivity index (χ1) is 11.3. The third kappa shape index (κ3) is 2.69. The molecular formula is C17H22N6. The molecule has 0 atom stereocenters. The highest BCUT2D eigenvalue weighted by molar-refractivity contribution is 5.70. The van der Waals surface area contributed by atoms with Crippen LogP contribution >= 0.6 is 0 Å². The molecule has 1 N–H and O–H groups in total. The summed E-state index contributed by atoms with van der Waals surface area (Å²) >= 11 is 0. The monoisotopic (exact) mass is 310 g/mol. The Morgan fingerprint density at radius 3 is 2.83 bits per heavy atom. The van der Waals surface area contributed by atoms with Gasteiger partial charge in [-0.25, -0.2) is 9.97 Å². The number of aromatic nitrogens is 5. The fourth-order valence-corrected chi connectivity index (χ4v) is 3.34. The zero-order valence-corrected chi connectivity index (χ0v) is 13.4. The first kappa shape index (κ1) is 14.2. The van der Waals surface area contributed by atoms with Gasteiger partial charge < -0.3 is 5.32 Å². The topological polar surface area (TPSA) is 60.0 Å². The van der Waals surface area contributed by atoms with Crippen molar-refractivity contribution in [3.8, 4) is 11.3 Å². The van der Waals surface area contributed by atoms with E-state index in [0.717, 1.165) is 29.3 Å². The molecule has 0 spiro atoms. The van der Waals surface area contributed by atoms with Crippen LogP contribution in [0.1, 0.15) is 39.0 Å². The summed E-state index contributed by atoms with van der Waals surface area (Å²) in [6, 6.07) is 0.519. The van der Waals surface area contributed by atoms with E-state index < -0.39 is 0 Å². The van der Waals surface area contributed by atoms with Crippen molar-refractivity contribution in [1.29, 1.82) is 0 Å². The quantitative estimate of drug-likeness (QED) is 0.802. The van der Waals surface area contributed by atoms with Gasteiger partial charge in [0.2, 0.25) is 0 Å². The molecule has 4 rings (SSSR count). The van der Waals surface area contributed by atoms with Crippen molar-refractivity contribution in [1.82, 2.24) is 24.1 Å². The van der Waals surface area contributed by atoms with E-state index >= 15 is 0 Å². The molecule has 0 aromatic carbocycles. The van der Waals surface area contributed by atoms with Crippen LogP contribution in [0.4, 0.5) is 5.82 Å². The summed E-state index contributed by atoms with van der Waals surface area (Å²) in [7, 11) is 0. The van der Waals surface area contributed by atoms with Crippen molar-refractivity contribution in [2.45, 2.75) is 51.6 Å². The Kier molecular flexibility index (Phi) is 3.73. The van der Waals surface area contributed by atoms with Gasteiger partial charge in [0, 0.05) is 36.7 Å². The third-order valence-electron chi connectivity index (χ3n) is 4.63. The molecule has 1 saturated carbocycles. The first-order valence-electron chi connectivity index (χ1n) is 8.46. The van der Waals surface area contributed by atoms with E-state index in [-0.39, 0.29) is 0 Å². The average molecular weight is 310 g/mol. The van der Waals surface area contributed by atoms with E-state index in [9.17, 15) is 0 Å². The molecular weight excluding hydrogens is 288 g/mol. The van der Waals surface area contributed by atoms with Gasteiger partial charge in [-0.15, -0.1) is 0 Å². The molecule has 1 fully saturated rings. The van der Waals surface area contributed by atoms with Gasteiger partial charge >= 0.3 is 0 Å². The lowest BCUT2D eigenvalue weighted by Crippen LogP contribution is -2.23. The molecule has 1 aliphatic carbocycles. The minimum absolute atomic E-state index is 0.519. The molecule has 0 unspecified atom stereocenters. The van der Waals surface area contributed by atoms with E-state index in [0.29, 0.717) is 6.04 Å². The Balaban J connectivity index is 1.68. The second-order valence-electron chi connectivity index (χ2n) is 6.18. The van der Waals surface area contributed by atoms with E-state index in [1.165, 1.54) is 32.1 Å². The number of nitrogens with zero attached hydrogens (tertiary/aromatic N) is 5. The molecule has 0 amide bonds. The standard InChI is InChI=1S/C17H22N6/c1-2-22-12-13(10-20-22)15-11-19-17-16(18-8-9-23(15)17)21-14-6-4-3-5-7-14/h8-12,14H,2-7H2,1H3,(H,18,21). The third-order valence-corrected chi connectivity index (χ3v) is 4.63. The maximum absolute atomic E-state index is 4.60. The summed E-state index contributed by atoms with van der Waals surface area (Å²) < 4.78 is 4.02. The van der Waals surface area contributed by atoms with Gasteiger partial charge in [-0.1, -0.05) is 19.3 Å². The van der Waals surface area contributed by atoms with Crippen LogP contribution in [0, 0.1) is 0 Å². The van der Waals surface area contributed by atoms with Gasteiger partial charge in [-0.2, -0.15) is 5.10 Å². The Hall–Kier alpha value is -2.37. The lowest BCUT2D eigenvalue weighted by molar-refractivity contribution is 0.462. The van der Waals surface area contributed by atoms with Crippen molar-refractivity contribution in [3.05, 3.63) is 31.0 Å². The highest BCUT2D eigenvalue weighted by Crippen LogP contribution is 2.25. The molecule has 0 aliphatic heterocycles. The van der Waals surface area contributed by atoms with Crippen molar-refractivity contribution in [2.24, 2.45) is 0 Å². The molecule has 3 aromatic rings. The molecule has 0 bridgehead atoms. The van der Waals surface area contributed by atoms with Crippen LogP contribution in [-0.4, -0.2) is 30.2 Å². The lowest BCUT2D eigenvalue weighted by Gasteiger charge is -2.23. The Morgan fingerprint density at radius 2 is 2.04 bits per heavy atom. The molecule has 0 radical (unpaired) electrons. The zero-order valence-electron chi connectivity index (χ0n) is 13.4. The number of aryl methyl sites for hydroxylation is 1. The van der Waals surface area contributed by atoms with Gasteiger partial charge in [0.25, 0.3) is 0 Å². The molecule has 120 valence electrons. The van der Waals surface area contributed by atoms with E-state index in [2.05, 4.69) is 37.9 Å². The van der Waals surface area contributed by atoms with Crippen LogP contribution in [-0.2, 0) is 6.54 Å². The Morgan fingerprint density at radius 1 is 1.17 bits per heavy atom. The fraction of sp³-hybridized carbons (Fsp3) is 0.471. The first-order valence-corrected chi connectivity index (χ1v) is 8.46. The van der Waals surface area contributed by atoms with Crippen molar-refractivity contribution in [2.75, 3.05) is 5.32 Å². The van der Waals surface area contributed by atoms with E-state index in [1.807, 2.05) is 29.5 Å². The fourth-order valence-electron chi connectivity index (χ4n) is 3.34. The molecule has 3 heterocycles. The molecule has 0 saturated heterocycles. The minimum Gasteiger partial charge on any atom is -0.364 e. The number of rotatable bonds is 4. The van der Waals surface area contributed by atoms with Crippen LogP contribution in [0.3, 0.4) is 0 Å². The predicted octanol–water partition coefficient (Wildman–Crippen LogP) is 3.36. The summed E-state index contributed by atoms with van der Waals surface area (Å²) in [6.45, 7) is 2.95. The SMILES string of the molecule is CCn1cc(-c2cnc3c(NC4CCCCC4)nccn23)cn1. The average Bonchev–Trinajstić information content (AvgIpc) is 3.22. The van der Waals surface area contributed by atoms with Gasteiger partial charge in [0.1, 0.15) is 0 Å². The number of fused-ring (bicyclic) bond motifs is 1. The second kappa shape index (κ2) is 6.02. The maximum Gasteiger partial charge on any atom is 0.180 e. The van der Waals surface area contributed by atoms with Gasteiger partial charge in [-0.3, -0.25) is 9.08 Å². The molecule has 23 heavy (non-hydrogen) atoms. The summed E-state index contributed by atoms with van der Waals surface area (Å²) in [6.07, 6.45) is 16.1.